The fourth-order valence-electron chi connectivity index (χ4n) is 2.48. The van der Waals surface area contributed by atoms with Crippen molar-refractivity contribution >= 4 is 23.3 Å². The number of nitrogens with zero attached hydrogens (tertiary/aromatic N) is 2. The Labute approximate surface area is 162 Å². The van der Waals surface area contributed by atoms with Gasteiger partial charge in [-0.15, -0.1) is 0 Å². The maximum Gasteiger partial charge on any atom is 0.319 e. The summed E-state index contributed by atoms with van der Waals surface area (Å²) < 4.78 is 5.27. The molecular weight excluding hydrogens is 364 g/mol. The van der Waals surface area contributed by atoms with Gasteiger partial charge < -0.3 is 15.2 Å². The van der Waals surface area contributed by atoms with E-state index in [-0.39, 0.29) is 18.0 Å². The first-order chi connectivity index (χ1) is 12.9. The van der Waals surface area contributed by atoms with Gasteiger partial charge in [0.2, 0.25) is 0 Å². The zero-order valence-corrected chi connectivity index (χ0v) is 16.1. The minimum atomic E-state index is -0.287. The molecule has 0 aliphatic heterocycles. The number of carbonyl (C=O) groups is 1. The molecule has 0 radical (unpaired) electrons. The molecule has 0 spiro atoms. The Morgan fingerprint density at radius 1 is 1.04 bits per heavy atom. The lowest BCUT2D eigenvalue weighted by molar-refractivity contribution is 0.249. The first-order valence-corrected chi connectivity index (χ1v) is 9.07. The van der Waals surface area contributed by atoms with E-state index in [9.17, 15) is 4.79 Å². The van der Waals surface area contributed by atoms with Crippen molar-refractivity contribution in [2.24, 2.45) is 0 Å². The van der Waals surface area contributed by atoms with Crippen LogP contribution in [0.25, 0.3) is 11.5 Å². The van der Waals surface area contributed by atoms with Crippen molar-refractivity contribution in [2.75, 3.05) is 5.32 Å². The van der Waals surface area contributed by atoms with Crippen molar-refractivity contribution in [1.82, 2.24) is 15.5 Å². The third-order valence-corrected chi connectivity index (χ3v) is 4.32. The van der Waals surface area contributed by atoms with Crippen LogP contribution in [0.1, 0.15) is 44.1 Å². The van der Waals surface area contributed by atoms with Crippen molar-refractivity contribution in [1.29, 1.82) is 0 Å². The van der Waals surface area contributed by atoms with Gasteiger partial charge in [-0.25, -0.2) is 4.79 Å². The monoisotopic (exact) mass is 384 g/mol. The fraction of sp³-hybridized carbons (Fsp3) is 0.250. The van der Waals surface area contributed by atoms with E-state index < -0.39 is 0 Å². The van der Waals surface area contributed by atoms with Gasteiger partial charge in [0.15, 0.2) is 5.82 Å². The maximum atomic E-state index is 12.2. The SMILES string of the molecule is CC(C)c1noc(-c2ccc(NC(=O)NC(C)c3ccc(Cl)cc3)cc2)n1. The Bertz CT molecular complexity index is 904. The number of halogens is 1. The first kappa shape index (κ1) is 18.9. The summed E-state index contributed by atoms with van der Waals surface area (Å²) in [4.78, 5) is 16.6. The lowest BCUT2D eigenvalue weighted by Gasteiger charge is -2.15. The quantitative estimate of drug-likeness (QED) is 0.617. The number of aromatic nitrogens is 2. The second kappa shape index (κ2) is 8.22. The van der Waals surface area contributed by atoms with Crippen LogP contribution in [-0.2, 0) is 0 Å². The minimum absolute atomic E-state index is 0.144. The Balaban J connectivity index is 1.60. The Morgan fingerprint density at radius 3 is 2.30 bits per heavy atom. The molecule has 0 saturated carbocycles. The van der Waals surface area contributed by atoms with Gasteiger partial charge in [-0.2, -0.15) is 4.98 Å². The number of benzene rings is 2. The summed E-state index contributed by atoms with van der Waals surface area (Å²) in [5.41, 5.74) is 2.44. The molecule has 0 aliphatic carbocycles. The molecule has 2 amide bonds. The summed E-state index contributed by atoms with van der Waals surface area (Å²) >= 11 is 5.89. The highest BCUT2D eigenvalue weighted by Crippen LogP contribution is 2.22. The largest absolute Gasteiger partial charge is 0.334 e. The van der Waals surface area contributed by atoms with Gasteiger partial charge in [0, 0.05) is 22.2 Å². The summed E-state index contributed by atoms with van der Waals surface area (Å²) in [7, 11) is 0. The van der Waals surface area contributed by atoms with Crippen LogP contribution < -0.4 is 10.6 Å². The van der Waals surface area contributed by atoms with Crippen molar-refractivity contribution in [3.8, 4) is 11.5 Å². The van der Waals surface area contributed by atoms with E-state index in [1.165, 1.54) is 0 Å². The molecule has 27 heavy (non-hydrogen) atoms. The molecule has 6 nitrogen and oxygen atoms in total. The fourth-order valence-corrected chi connectivity index (χ4v) is 2.61. The van der Waals surface area contributed by atoms with Gasteiger partial charge in [-0.3, -0.25) is 0 Å². The van der Waals surface area contributed by atoms with E-state index in [2.05, 4.69) is 20.8 Å². The molecule has 1 aromatic heterocycles. The van der Waals surface area contributed by atoms with Crippen LogP contribution in [0.5, 0.6) is 0 Å². The molecule has 2 aromatic carbocycles. The summed E-state index contributed by atoms with van der Waals surface area (Å²) in [5.74, 6) is 1.34. The summed E-state index contributed by atoms with van der Waals surface area (Å²) in [6, 6.07) is 14.2. The molecule has 0 bridgehead atoms. The normalized spacial score (nSPS) is 12.0. The standard InChI is InChI=1S/C20H21ClN4O2/c1-12(2)18-24-19(27-25-18)15-6-10-17(11-7-15)23-20(26)22-13(3)14-4-8-16(21)9-5-14/h4-13H,1-3H3,(H2,22,23,26). The van der Waals surface area contributed by atoms with Crippen LogP contribution in [0.15, 0.2) is 53.1 Å². The number of hydrogen-bond donors (Lipinski definition) is 2. The lowest BCUT2D eigenvalue weighted by atomic mass is 10.1. The zero-order chi connectivity index (χ0) is 19.4. The molecule has 140 valence electrons. The summed E-state index contributed by atoms with van der Waals surface area (Å²) in [6.45, 7) is 5.92. The highest BCUT2D eigenvalue weighted by molar-refractivity contribution is 6.30. The number of hydrogen-bond acceptors (Lipinski definition) is 4. The van der Waals surface area contributed by atoms with Crippen LogP contribution in [0, 0.1) is 0 Å². The summed E-state index contributed by atoms with van der Waals surface area (Å²) in [6.07, 6.45) is 0. The average molecular weight is 385 g/mol. The number of carbonyl (C=O) groups excluding carboxylic acids is 1. The number of nitrogens with one attached hydrogen (secondary N) is 2. The van der Waals surface area contributed by atoms with Gasteiger partial charge >= 0.3 is 6.03 Å². The number of amides is 2. The van der Waals surface area contributed by atoms with E-state index in [1.54, 1.807) is 24.3 Å². The van der Waals surface area contributed by atoms with E-state index in [1.807, 2.05) is 45.0 Å². The molecule has 3 aromatic rings. The summed E-state index contributed by atoms with van der Waals surface area (Å²) in [5, 5.41) is 10.3. The van der Waals surface area contributed by atoms with Crippen LogP contribution in [0.2, 0.25) is 5.02 Å². The average Bonchev–Trinajstić information content (AvgIpc) is 3.13. The second-order valence-corrected chi connectivity index (χ2v) is 7.00. The van der Waals surface area contributed by atoms with E-state index in [0.29, 0.717) is 22.4 Å². The van der Waals surface area contributed by atoms with Crippen LogP contribution >= 0.6 is 11.6 Å². The molecular formula is C20H21ClN4O2. The number of rotatable bonds is 5. The van der Waals surface area contributed by atoms with E-state index in [0.717, 1.165) is 11.1 Å². The van der Waals surface area contributed by atoms with E-state index >= 15 is 0 Å². The molecule has 2 N–H and O–H groups in total. The van der Waals surface area contributed by atoms with Crippen LogP contribution in [-0.4, -0.2) is 16.2 Å². The third kappa shape index (κ3) is 4.86. The highest BCUT2D eigenvalue weighted by Gasteiger charge is 2.12. The first-order valence-electron chi connectivity index (χ1n) is 8.69. The molecule has 1 heterocycles. The molecule has 7 heteroatoms. The van der Waals surface area contributed by atoms with Crippen molar-refractivity contribution in [2.45, 2.75) is 32.7 Å². The molecule has 1 unspecified atom stereocenters. The van der Waals surface area contributed by atoms with Crippen LogP contribution in [0.4, 0.5) is 10.5 Å². The smallest absolute Gasteiger partial charge is 0.319 e. The Hall–Kier alpha value is -2.86. The van der Waals surface area contributed by atoms with Crippen molar-refractivity contribution < 1.29 is 9.32 Å². The van der Waals surface area contributed by atoms with Crippen molar-refractivity contribution in [3.63, 3.8) is 0 Å². The van der Waals surface area contributed by atoms with Gasteiger partial charge in [-0.1, -0.05) is 42.7 Å². The van der Waals surface area contributed by atoms with Gasteiger partial charge in [0.1, 0.15) is 0 Å². The molecule has 1 atom stereocenters. The maximum absolute atomic E-state index is 12.2. The number of urea groups is 1. The molecule has 0 aliphatic rings. The van der Waals surface area contributed by atoms with Gasteiger partial charge in [0.25, 0.3) is 5.89 Å². The van der Waals surface area contributed by atoms with Gasteiger partial charge in [0.05, 0.1) is 6.04 Å². The second-order valence-electron chi connectivity index (χ2n) is 6.56. The molecule has 0 fully saturated rings. The zero-order valence-electron chi connectivity index (χ0n) is 15.4. The predicted molar refractivity (Wildman–Crippen MR) is 106 cm³/mol. The topological polar surface area (TPSA) is 80.0 Å². The molecule has 3 rings (SSSR count). The lowest BCUT2D eigenvalue weighted by Crippen LogP contribution is -2.31. The number of anilines is 1. The van der Waals surface area contributed by atoms with Crippen molar-refractivity contribution in [3.05, 3.63) is 64.9 Å². The third-order valence-electron chi connectivity index (χ3n) is 4.07. The Kier molecular flexibility index (Phi) is 5.76. The predicted octanol–water partition coefficient (Wildman–Crippen LogP) is 5.40. The van der Waals surface area contributed by atoms with Crippen LogP contribution in [0.3, 0.4) is 0 Å². The highest BCUT2D eigenvalue weighted by atomic mass is 35.5. The molecule has 0 saturated heterocycles. The van der Waals surface area contributed by atoms with Gasteiger partial charge in [-0.05, 0) is 48.9 Å². The Morgan fingerprint density at radius 2 is 1.70 bits per heavy atom. The van der Waals surface area contributed by atoms with E-state index in [4.69, 9.17) is 16.1 Å². The minimum Gasteiger partial charge on any atom is -0.334 e.